The van der Waals surface area contributed by atoms with E-state index in [4.69, 9.17) is 0 Å². The van der Waals surface area contributed by atoms with Gasteiger partial charge in [0.1, 0.15) is 0 Å². The van der Waals surface area contributed by atoms with E-state index in [2.05, 4.69) is 5.43 Å². The molecule has 0 unspecified atom stereocenters. The molecule has 0 aliphatic rings. The summed E-state index contributed by atoms with van der Waals surface area (Å²) in [7, 11) is 1.41. The number of anilines is 1. The van der Waals surface area contributed by atoms with Gasteiger partial charge in [0.05, 0.1) is 0 Å². The summed E-state index contributed by atoms with van der Waals surface area (Å²) in [5.74, 6) is 0. The first-order chi connectivity index (χ1) is 4.79. The number of hydrogen-bond donors (Lipinski definition) is 1. The van der Waals surface area contributed by atoms with Gasteiger partial charge in [-0.2, -0.15) is 0 Å². The van der Waals surface area contributed by atoms with Crippen LogP contribution in [0.3, 0.4) is 0 Å². The maximum absolute atomic E-state index is 10.4. The molecule has 1 rings (SSSR count). The molecule has 0 fully saturated rings. The van der Waals surface area contributed by atoms with Gasteiger partial charge < -0.3 is 15.8 Å². The van der Waals surface area contributed by atoms with Crippen LogP contribution >= 0.6 is 0 Å². The molecule has 0 aliphatic heterocycles. The van der Waals surface area contributed by atoms with Crippen molar-refractivity contribution in [3.05, 3.63) is 35.5 Å². The van der Waals surface area contributed by atoms with Crippen molar-refractivity contribution >= 4 is 5.69 Å². The van der Waals surface area contributed by atoms with Crippen molar-refractivity contribution in [3.8, 4) is 0 Å². The van der Waals surface area contributed by atoms with Gasteiger partial charge in [0.15, 0.2) is 0 Å². The Morgan fingerprint density at radius 3 is 2.40 bits per heavy atom. The summed E-state index contributed by atoms with van der Waals surface area (Å²) in [5, 5.41) is 11.1. The van der Waals surface area contributed by atoms with E-state index in [0.29, 0.717) is 5.17 Å². The van der Waals surface area contributed by atoms with Gasteiger partial charge in [0, 0.05) is 5.69 Å². The summed E-state index contributed by atoms with van der Waals surface area (Å²) < 4.78 is 0. The summed E-state index contributed by atoms with van der Waals surface area (Å²) in [6.07, 6.45) is 0. The lowest BCUT2D eigenvalue weighted by atomic mass is 10.3. The van der Waals surface area contributed by atoms with Crippen LogP contribution in [0.1, 0.15) is 0 Å². The number of nitrogens with one attached hydrogen (secondary N) is 1. The summed E-state index contributed by atoms with van der Waals surface area (Å²) >= 11 is 0. The fraction of sp³-hybridized carbons (Fsp3) is 0.143. The van der Waals surface area contributed by atoms with Crippen LogP contribution in [0, 0.1) is 5.21 Å². The molecule has 3 heteroatoms. The smallest absolute Gasteiger partial charge is 0.0479 e. The monoisotopic (exact) mass is 137 g/mol. The molecule has 0 bridgehead atoms. The van der Waals surface area contributed by atoms with Crippen molar-refractivity contribution in [1.29, 1.82) is 0 Å². The van der Waals surface area contributed by atoms with Crippen LogP contribution in [0.2, 0.25) is 0 Å². The quantitative estimate of drug-likeness (QED) is 0.627. The minimum atomic E-state index is 0.662. The molecular formula is C7H9N2O-. The Balaban J connectivity index is 2.59. The summed E-state index contributed by atoms with van der Waals surface area (Å²) in [5.41, 5.74) is 3.39. The highest BCUT2D eigenvalue weighted by Gasteiger charge is 1.83. The molecule has 0 heterocycles. The third-order valence-corrected chi connectivity index (χ3v) is 1.06. The van der Waals surface area contributed by atoms with Gasteiger partial charge in [-0.05, 0) is 19.2 Å². The first kappa shape index (κ1) is 7.05. The number of para-hydroxylation sites is 1. The van der Waals surface area contributed by atoms with Crippen LogP contribution in [0.5, 0.6) is 0 Å². The van der Waals surface area contributed by atoms with Crippen LogP contribution in [0.4, 0.5) is 5.69 Å². The lowest BCUT2D eigenvalue weighted by Crippen LogP contribution is -2.16. The number of hydrogen-bond acceptors (Lipinski definition) is 3. The molecule has 10 heavy (non-hydrogen) atoms. The zero-order chi connectivity index (χ0) is 7.40. The molecule has 0 aromatic heterocycles. The van der Waals surface area contributed by atoms with Crippen LogP contribution in [0.25, 0.3) is 0 Å². The number of hydrazine groups is 1. The maximum atomic E-state index is 10.4. The van der Waals surface area contributed by atoms with Gasteiger partial charge in [-0.25, -0.2) is 0 Å². The van der Waals surface area contributed by atoms with E-state index in [1.165, 1.54) is 7.05 Å². The lowest BCUT2D eigenvalue weighted by Gasteiger charge is -2.23. The molecule has 0 atom stereocenters. The van der Waals surface area contributed by atoms with Crippen molar-refractivity contribution in [1.82, 2.24) is 5.17 Å². The van der Waals surface area contributed by atoms with E-state index < -0.39 is 0 Å². The molecule has 0 saturated heterocycles. The number of hydroxylamine groups is 1. The van der Waals surface area contributed by atoms with E-state index in [1.807, 2.05) is 30.3 Å². The summed E-state index contributed by atoms with van der Waals surface area (Å²) in [6.45, 7) is 0. The van der Waals surface area contributed by atoms with Crippen molar-refractivity contribution in [3.63, 3.8) is 0 Å². The van der Waals surface area contributed by atoms with Crippen LogP contribution < -0.4 is 5.43 Å². The SMILES string of the molecule is CN([O-])Nc1ccccc1. The Hall–Kier alpha value is -1.06. The Morgan fingerprint density at radius 2 is 1.90 bits per heavy atom. The van der Waals surface area contributed by atoms with Crippen LogP contribution in [0.15, 0.2) is 30.3 Å². The molecule has 0 amide bonds. The number of nitrogens with zero attached hydrogens (tertiary/aromatic N) is 1. The molecule has 0 spiro atoms. The first-order valence-electron chi connectivity index (χ1n) is 3.01. The minimum absolute atomic E-state index is 0.662. The van der Waals surface area contributed by atoms with Crippen molar-refractivity contribution < 1.29 is 0 Å². The Bertz CT molecular complexity index is 186. The third-order valence-electron chi connectivity index (χ3n) is 1.06. The molecule has 1 aromatic carbocycles. The fourth-order valence-corrected chi connectivity index (χ4v) is 0.694. The zero-order valence-corrected chi connectivity index (χ0v) is 5.74. The average Bonchev–Trinajstić information content (AvgIpc) is 1.88. The third kappa shape index (κ3) is 2.05. The van der Waals surface area contributed by atoms with Gasteiger partial charge in [0.25, 0.3) is 0 Å². The van der Waals surface area contributed by atoms with E-state index in [9.17, 15) is 5.21 Å². The van der Waals surface area contributed by atoms with E-state index in [0.717, 1.165) is 5.69 Å². The predicted octanol–water partition coefficient (Wildman–Crippen LogP) is 1.44. The van der Waals surface area contributed by atoms with Crippen LogP contribution in [-0.4, -0.2) is 12.2 Å². The average molecular weight is 137 g/mol. The van der Waals surface area contributed by atoms with Gasteiger partial charge in [0.2, 0.25) is 0 Å². The predicted molar refractivity (Wildman–Crippen MR) is 41.2 cm³/mol. The Kier molecular flexibility index (Phi) is 2.25. The van der Waals surface area contributed by atoms with Crippen molar-refractivity contribution in [2.45, 2.75) is 0 Å². The van der Waals surface area contributed by atoms with Crippen molar-refractivity contribution in [2.75, 3.05) is 12.5 Å². The highest BCUT2D eigenvalue weighted by Crippen LogP contribution is 2.04. The molecule has 0 aliphatic carbocycles. The van der Waals surface area contributed by atoms with Gasteiger partial charge in [-0.3, -0.25) is 0 Å². The molecule has 1 N–H and O–H groups in total. The van der Waals surface area contributed by atoms with E-state index in [-0.39, 0.29) is 0 Å². The summed E-state index contributed by atoms with van der Waals surface area (Å²) in [6, 6.07) is 9.29. The maximum Gasteiger partial charge on any atom is 0.0479 e. The second-order valence-corrected chi connectivity index (χ2v) is 1.98. The van der Waals surface area contributed by atoms with E-state index >= 15 is 0 Å². The Labute approximate surface area is 59.8 Å². The molecule has 0 radical (unpaired) electrons. The normalized spacial score (nSPS) is 9.90. The first-order valence-corrected chi connectivity index (χ1v) is 3.01. The highest BCUT2D eigenvalue weighted by atomic mass is 16.5. The standard InChI is InChI=1S/C7H9N2O/c1-9(10)8-7-5-3-2-4-6-7/h2-6,8H,1H3/q-1. The van der Waals surface area contributed by atoms with Crippen LogP contribution in [-0.2, 0) is 0 Å². The minimum Gasteiger partial charge on any atom is -0.768 e. The summed E-state index contributed by atoms with van der Waals surface area (Å²) in [4.78, 5) is 0. The Morgan fingerprint density at radius 1 is 1.30 bits per heavy atom. The molecule has 1 aromatic rings. The van der Waals surface area contributed by atoms with Gasteiger partial charge in [-0.15, -0.1) is 0 Å². The highest BCUT2D eigenvalue weighted by molar-refractivity contribution is 5.41. The van der Waals surface area contributed by atoms with E-state index in [1.54, 1.807) is 0 Å². The second kappa shape index (κ2) is 3.20. The van der Waals surface area contributed by atoms with Gasteiger partial charge >= 0.3 is 0 Å². The topological polar surface area (TPSA) is 38.3 Å². The number of rotatable bonds is 2. The van der Waals surface area contributed by atoms with Gasteiger partial charge in [-0.1, -0.05) is 18.2 Å². The van der Waals surface area contributed by atoms with Crippen molar-refractivity contribution in [2.24, 2.45) is 0 Å². The molecular weight excluding hydrogens is 128 g/mol. The largest absolute Gasteiger partial charge is 0.768 e. The second-order valence-electron chi connectivity index (χ2n) is 1.98. The number of benzene rings is 1. The molecule has 0 saturated carbocycles. The molecule has 54 valence electrons. The lowest BCUT2D eigenvalue weighted by molar-refractivity contribution is 0.555. The zero-order valence-electron chi connectivity index (χ0n) is 5.74. The fourth-order valence-electron chi connectivity index (χ4n) is 0.694. The molecule has 3 nitrogen and oxygen atoms in total.